The molecule has 0 saturated carbocycles. The Kier molecular flexibility index (Phi) is 4.98. The highest BCUT2D eigenvalue weighted by Gasteiger charge is 2.12. The maximum Gasteiger partial charge on any atom is 0.142 e. The van der Waals surface area contributed by atoms with Crippen LogP contribution in [0.15, 0.2) is 30.3 Å². The zero-order valence-electron chi connectivity index (χ0n) is 13.1. The van der Waals surface area contributed by atoms with Crippen molar-refractivity contribution in [3.05, 3.63) is 36.2 Å². The summed E-state index contributed by atoms with van der Waals surface area (Å²) in [7, 11) is 3.66. The lowest BCUT2D eigenvalue weighted by molar-refractivity contribution is 0.415. The number of ether oxygens (including phenoxy) is 1. The summed E-state index contributed by atoms with van der Waals surface area (Å²) >= 11 is 0. The van der Waals surface area contributed by atoms with Gasteiger partial charge in [-0.1, -0.05) is 19.1 Å². The van der Waals surface area contributed by atoms with Gasteiger partial charge in [-0.3, -0.25) is 0 Å². The van der Waals surface area contributed by atoms with Crippen molar-refractivity contribution in [3.63, 3.8) is 0 Å². The van der Waals surface area contributed by atoms with E-state index >= 15 is 0 Å². The SMILES string of the molecule is CCNc1cc(N(C)c2ccccc2OC)nc(CC)n1. The van der Waals surface area contributed by atoms with Crippen LogP contribution in [0.1, 0.15) is 19.7 Å². The second-order valence-corrected chi connectivity index (χ2v) is 4.64. The highest BCUT2D eigenvalue weighted by atomic mass is 16.5. The zero-order chi connectivity index (χ0) is 15.2. The van der Waals surface area contributed by atoms with Crippen LogP contribution in [0.3, 0.4) is 0 Å². The van der Waals surface area contributed by atoms with Gasteiger partial charge in [-0.05, 0) is 19.1 Å². The van der Waals surface area contributed by atoms with Gasteiger partial charge in [-0.25, -0.2) is 9.97 Å². The highest BCUT2D eigenvalue weighted by molar-refractivity contribution is 5.67. The van der Waals surface area contributed by atoms with Gasteiger partial charge in [0.05, 0.1) is 12.8 Å². The number of para-hydroxylation sites is 2. The van der Waals surface area contributed by atoms with Crippen LogP contribution in [0.2, 0.25) is 0 Å². The molecule has 0 amide bonds. The van der Waals surface area contributed by atoms with Gasteiger partial charge in [0, 0.05) is 26.1 Å². The predicted molar refractivity (Wildman–Crippen MR) is 86.6 cm³/mol. The van der Waals surface area contributed by atoms with Crippen molar-refractivity contribution < 1.29 is 4.74 Å². The molecule has 1 heterocycles. The standard InChI is InChI=1S/C16H22N4O/c1-5-14-18-15(17-6-2)11-16(19-14)20(3)12-9-7-8-10-13(12)21-4/h7-11H,5-6H2,1-4H3,(H,17,18,19). The molecule has 0 bridgehead atoms. The molecule has 5 nitrogen and oxygen atoms in total. The minimum absolute atomic E-state index is 0.798. The number of aryl methyl sites for hydroxylation is 1. The fourth-order valence-electron chi connectivity index (χ4n) is 2.11. The molecule has 1 aromatic heterocycles. The Morgan fingerprint density at radius 1 is 1.19 bits per heavy atom. The number of anilines is 3. The molecule has 0 unspecified atom stereocenters. The molecule has 0 aliphatic heterocycles. The summed E-state index contributed by atoms with van der Waals surface area (Å²) in [6.45, 7) is 4.94. The van der Waals surface area contributed by atoms with Gasteiger partial charge >= 0.3 is 0 Å². The summed E-state index contributed by atoms with van der Waals surface area (Å²) in [6.07, 6.45) is 0.798. The summed E-state index contributed by atoms with van der Waals surface area (Å²) < 4.78 is 5.42. The van der Waals surface area contributed by atoms with E-state index in [9.17, 15) is 0 Å². The number of hydrogen-bond donors (Lipinski definition) is 1. The molecule has 0 aliphatic rings. The van der Waals surface area contributed by atoms with Gasteiger partial charge in [0.25, 0.3) is 0 Å². The fraction of sp³-hybridized carbons (Fsp3) is 0.375. The zero-order valence-corrected chi connectivity index (χ0v) is 13.1. The van der Waals surface area contributed by atoms with Crippen LogP contribution in [0, 0.1) is 0 Å². The van der Waals surface area contributed by atoms with Crippen LogP contribution in [-0.2, 0) is 6.42 Å². The highest BCUT2D eigenvalue weighted by Crippen LogP contribution is 2.31. The lowest BCUT2D eigenvalue weighted by Gasteiger charge is -2.21. The summed E-state index contributed by atoms with van der Waals surface area (Å²) in [5.74, 6) is 3.34. The predicted octanol–water partition coefficient (Wildman–Crippen LogP) is 3.25. The number of aromatic nitrogens is 2. The van der Waals surface area contributed by atoms with E-state index in [0.717, 1.165) is 41.9 Å². The molecule has 0 radical (unpaired) electrons. The van der Waals surface area contributed by atoms with Crippen molar-refractivity contribution in [3.8, 4) is 5.75 Å². The molecule has 0 atom stereocenters. The molecule has 2 aromatic rings. The Bertz CT molecular complexity index is 601. The average molecular weight is 286 g/mol. The lowest BCUT2D eigenvalue weighted by Crippen LogP contribution is -2.15. The van der Waals surface area contributed by atoms with Crippen LogP contribution in [0.4, 0.5) is 17.3 Å². The molecular weight excluding hydrogens is 264 g/mol. The molecule has 1 aromatic carbocycles. The smallest absolute Gasteiger partial charge is 0.142 e. The maximum absolute atomic E-state index is 5.42. The third-order valence-electron chi connectivity index (χ3n) is 3.22. The molecule has 21 heavy (non-hydrogen) atoms. The topological polar surface area (TPSA) is 50.3 Å². The molecule has 112 valence electrons. The van der Waals surface area contributed by atoms with Gasteiger partial charge in [-0.15, -0.1) is 0 Å². The average Bonchev–Trinajstić information content (AvgIpc) is 2.54. The molecular formula is C16H22N4O. The van der Waals surface area contributed by atoms with Crippen LogP contribution in [0.25, 0.3) is 0 Å². The molecule has 0 fully saturated rings. The Labute approximate surface area is 126 Å². The van der Waals surface area contributed by atoms with Crippen molar-refractivity contribution in [1.82, 2.24) is 9.97 Å². The van der Waals surface area contributed by atoms with Crippen LogP contribution < -0.4 is 15.0 Å². The normalized spacial score (nSPS) is 10.3. The Morgan fingerprint density at radius 3 is 2.62 bits per heavy atom. The van der Waals surface area contributed by atoms with E-state index < -0.39 is 0 Å². The van der Waals surface area contributed by atoms with Crippen LogP contribution >= 0.6 is 0 Å². The van der Waals surface area contributed by atoms with Gasteiger partial charge < -0.3 is 15.0 Å². The number of benzene rings is 1. The second-order valence-electron chi connectivity index (χ2n) is 4.64. The molecule has 0 aliphatic carbocycles. The van der Waals surface area contributed by atoms with Crippen molar-refractivity contribution >= 4 is 17.3 Å². The summed E-state index contributed by atoms with van der Waals surface area (Å²) in [4.78, 5) is 11.1. The van der Waals surface area contributed by atoms with Gasteiger partial charge in [0.15, 0.2) is 0 Å². The first-order chi connectivity index (χ1) is 10.2. The largest absolute Gasteiger partial charge is 0.495 e. The van der Waals surface area contributed by atoms with Crippen LogP contribution in [-0.4, -0.2) is 30.7 Å². The molecule has 5 heteroatoms. The lowest BCUT2D eigenvalue weighted by atomic mass is 10.2. The van der Waals surface area contributed by atoms with Gasteiger partial charge in [0.2, 0.25) is 0 Å². The van der Waals surface area contributed by atoms with Crippen LogP contribution in [0.5, 0.6) is 5.75 Å². The number of nitrogens with zero attached hydrogens (tertiary/aromatic N) is 3. The Hall–Kier alpha value is -2.30. The number of hydrogen-bond acceptors (Lipinski definition) is 5. The number of methoxy groups -OCH3 is 1. The molecule has 1 N–H and O–H groups in total. The van der Waals surface area contributed by atoms with Crippen molar-refractivity contribution in [2.45, 2.75) is 20.3 Å². The summed E-state index contributed by atoms with van der Waals surface area (Å²) in [6, 6.07) is 9.85. The van der Waals surface area contributed by atoms with Crippen molar-refractivity contribution in [1.29, 1.82) is 0 Å². The minimum Gasteiger partial charge on any atom is -0.495 e. The van der Waals surface area contributed by atoms with E-state index in [2.05, 4.69) is 29.1 Å². The Balaban J connectivity index is 2.42. The Morgan fingerprint density at radius 2 is 1.95 bits per heavy atom. The first kappa shape index (κ1) is 15.1. The molecule has 0 spiro atoms. The van der Waals surface area contributed by atoms with Gasteiger partial charge in [-0.2, -0.15) is 0 Å². The van der Waals surface area contributed by atoms with E-state index in [-0.39, 0.29) is 0 Å². The number of nitrogens with one attached hydrogen (secondary N) is 1. The summed E-state index contributed by atoms with van der Waals surface area (Å²) in [5.41, 5.74) is 0.975. The van der Waals surface area contributed by atoms with Crippen molar-refractivity contribution in [2.24, 2.45) is 0 Å². The molecule has 2 rings (SSSR count). The number of rotatable bonds is 6. The quantitative estimate of drug-likeness (QED) is 0.883. The van der Waals surface area contributed by atoms with Crippen molar-refractivity contribution in [2.75, 3.05) is 30.9 Å². The third kappa shape index (κ3) is 3.42. The second kappa shape index (κ2) is 6.92. The third-order valence-corrected chi connectivity index (χ3v) is 3.22. The van der Waals surface area contributed by atoms with E-state index in [4.69, 9.17) is 4.74 Å². The monoisotopic (exact) mass is 286 g/mol. The first-order valence-corrected chi connectivity index (χ1v) is 7.18. The van der Waals surface area contributed by atoms with E-state index in [1.807, 2.05) is 42.3 Å². The van der Waals surface area contributed by atoms with E-state index in [1.165, 1.54) is 0 Å². The van der Waals surface area contributed by atoms with E-state index in [1.54, 1.807) is 7.11 Å². The van der Waals surface area contributed by atoms with E-state index in [0.29, 0.717) is 0 Å². The molecule has 0 saturated heterocycles. The minimum atomic E-state index is 0.798. The van der Waals surface area contributed by atoms with Gasteiger partial charge in [0.1, 0.15) is 23.2 Å². The maximum atomic E-state index is 5.42. The summed E-state index contributed by atoms with van der Waals surface area (Å²) in [5, 5.41) is 3.25. The first-order valence-electron chi connectivity index (χ1n) is 7.18. The fourth-order valence-corrected chi connectivity index (χ4v) is 2.11.